The van der Waals surface area contributed by atoms with Gasteiger partial charge in [0.15, 0.2) is 0 Å². The summed E-state index contributed by atoms with van der Waals surface area (Å²) in [6, 6.07) is 5.12. The zero-order valence-corrected chi connectivity index (χ0v) is 12.5. The minimum absolute atomic E-state index is 0.154. The molecule has 0 atom stereocenters. The molecule has 2 heteroatoms. The van der Waals surface area contributed by atoms with Crippen LogP contribution >= 0.6 is 0 Å². The van der Waals surface area contributed by atoms with E-state index in [0.717, 1.165) is 17.8 Å². The zero-order valence-electron chi connectivity index (χ0n) is 12.5. The fourth-order valence-corrected chi connectivity index (χ4v) is 2.33. The normalized spacial score (nSPS) is 10.7. The van der Waals surface area contributed by atoms with Crippen LogP contribution in [0.25, 0.3) is 0 Å². The molecule has 0 amide bonds. The second-order valence-electron chi connectivity index (χ2n) is 5.42. The summed E-state index contributed by atoms with van der Waals surface area (Å²) in [4.78, 5) is 0. The number of benzene rings is 1. The zero-order chi connectivity index (χ0) is 13.9. The quantitative estimate of drug-likeness (QED) is 0.536. The van der Waals surface area contributed by atoms with Gasteiger partial charge in [-0.25, -0.2) is 4.39 Å². The molecule has 0 bridgehead atoms. The summed E-state index contributed by atoms with van der Waals surface area (Å²) in [5, 5.41) is 3.30. The SMILES string of the molecule is CCCCCCCCCCNc1cc(C)cc(F)c1. The first-order chi connectivity index (χ1) is 9.22. The fraction of sp³-hybridized carbons (Fsp3) is 0.647. The summed E-state index contributed by atoms with van der Waals surface area (Å²) in [7, 11) is 0. The van der Waals surface area contributed by atoms with Gasteiger partial charge >= 0.3 is 0 Å². The third-order valence-electron chi connectivity index (χ3n) is 3.40. The van der Waals surface area contributed by atoms with E-state index in [1.807, 2.05) is 13.0 Å². The molecular formula is C17H28FN. The summed E-state index contributed by atoms with van der Waals surface area (Å²) >= 11 is 0. The Balaban J connectivity index is 2.01. The monoisotopic (exact) mass is 265 g/mol. The number of aryl methyl sites for hydroxylation is 1. The molecule has 19 heavy (non-hydrogen) atoms. The smallest absolute Gasteiger partial charge is 0.125 e. The van der Waals surface area contributed by atoms with Crippen LogP contribution in [0.15, 0.2) is 18.2 Å². The Morgan fingerprint density at radius 2 is 1.53 bits per heavy atom. The molecule has 0 saturated heterocycles. The van der Waals surface area contributed by atoms with Gasteiger partial charge in [-0.05, 0) is 37.1 Å². The molecule has 0 fully saturated rings. The van der Waals surface area contributed by atoms with Crippen molar-refractivity contribution in [3.63, 3.8) is 0 Å². The van der Waals surface area contributed by atoms with Gasteiger partial charge in [0.2, 0.25) is 0 Å². The van der Waals surface area contributed by atoms with Crippen LogP contribution in [-0.4, -0.2) is 6.54 Å². The number of rotatable bonds is 10. The van der Waals surface area contributed by atoms with Crippen molar-refractivity contribution in [1.82, 2.24) is 0 Å². The van der Waals surface area contributed by atoms with Crippen molar-refractivity contribution in [2.45, 2.75) is 65.2 Å². The highest BCUT2D eigenvalue weighted by molar-refractivity contribution is 5.45. The molecule has 0 heterocycles. The molecule has 0 aliphatic rings. The minimum Gasteiger partial charge on any atom is -0.385 e. The van der Waals surface area contributed by atoms with E-state index >= 15 is 0 Å². The molecule has 0 aliphatic carbocycles. The lowest BCUT2D eigenvalue weighted by atomic mass is 10.1. The molecule has 1 aromatic carbocycles. The molecular weight excluding hydrogens is 237 g/mol. The van der Waals surface area contributed by atoms with Crippen molar-refractivity contribution in [3.8, 4) is 0 Å². The average Bonchev–Trinajstić information content (AvgIpc) is 2.36. The molecule has 0 aromatic heterocycles. The predicted octanol–water partition coefficient (Wildman–Crippen LogP) is 5.69. The molecule has 0 unspecified atom stereocenters. The van der Waals surface area contributed by atoms with Gasteiger partial charge in [0.25, 0.3) is 0 Å². The van der Waals surface area contributed by atoms with E-state index in [-0.39, 0.29) is 5.82 Å². The van der Waals surface area contributed by atoms with Gasteiger partial charge in [0, 0.05) is 12.2 Å². The number of halogens is 1. The van der Waals surface area contributed by atoms with Crippen molar-refractivity contribution >= 4 is 5.69 Å². The fourth-order valence-electron chi connectivity index (χ4n) is 2.33. The van der Waals surface area contributed by atoms with Gasteiger partial charge in [-0.3, -0.25) is 0 Å². The van der Waals surface area contributed by atoms with Crippen LogP contribution in [0.5, 0.6) is 0 Å². The number of nitrogens with one attached hydrogen (secondary N) is 1. The van der Waals surface area contributed by atoms with Crippen LogP contribution in [-0.2, 0) is 0 Å². The Bertz CT molecular complexity index is 329. The maximum absolute atomic E-state index is 13.2. The Kier molecular flexibility index (Phi) is 8.28. The third-order valence-corrected chi connectivity index (χ3v) is 3.40. The molecule has 0 saturated carbocycles. The minimum atomic E-state index is -0.154. The summed E-state index contributed by atoms with van der Waals surface area (Å²) in [5.74, 6) is -0.154. The molecule has 1 nitrogen and oxygen atoms in total. The first-order valence-electron chi connectivity index (χ1n) is 7.73. The van der Waals surface area contributed by atoms with Gasteiger partial charge in [-0.2, -0.15) is 0 Å². The highest BCUT2D eigenvalue weighted by Crippen LogP contribution is 2.14. The third kappa shape index (κ3) is 7.86. The summed E-state index contributed by atoms with van der Waals surface area (Å²) < 4.78 is 13.2. The van der Waals surface area contributed by atoms with Crippen molar-refractivity contribution < 1.29 is 4.39 Å². The maximum Gasteiger partial charge on any atom is 0.125 e. The Hall–Kier alpha value is -1.05. The van der Waals surface area contributed by atoms with Crippen molar-refractivity contribution in [2.75, 3.05) is 11.9 Å². The molecule has 108 valence electrons. The summed E-state index contributed by atoms with van der Waals surface area (Å²) in [6.07, 6.45) is 10.6. The largest absolute Gasteiger partial charge is 0.385 e. The van der Waals surface area contributed by atoms with Crippen LogP contribution in [0, 0.1) is 12.7 Å². The van der Waals surface area contributed by atoms with Crippen LogP contribution in [0.3, 0.4) is 0 Å². The van der Waals surface area contributed by atoms with E-state index in [4.69, 9.17) is 0 Å². The number of anilines is 1. The van der Waals surface area contributed by atoms with Crippen LogP contribution in [0.4, 0.5) is 10.1 Å². The van der Waals surface area contributed by atoms with E-state index < -0.39 is 0 Å². The summed E-state index contributed by atoms with van der Waals surface area (Å²) in [5.41, 5.74) is 1.87. The lowest BCUT2D eigenvalue weighted by molar-refractivity contribution is 0.581. The topological polar surface area (TPSA) is 12.0 Å². The van der Waals surface area contributed by atoms with Gasteiger partial charge < -0.3 is 5.32 Å². The standard InChI is InChI=1S/C17H28FN/c1-3-4-5-6-7-8-9-10-11-19-17-13-15(2)12-16(18)14-17/h12-14,19H,3-11H2,1-2H3. The van der Waals surface area contributed by atoms with E-state index in [1.54, 1.807) is 12.1 Å². The lowest BCUT2D eigenvalue weighted by Crippen LogP contribution is -2.02. The Morgan fingerprint density at radius 1 is 0.895 bits per heavy atom. The molecule has 0 spiro atoms. The van der Waals surface area contributed by atoms with Crippen LogP contribution in [0.1, 0.15) is 63.9 Å². The van der Waals surface area contributed by atoms with Crippen LogP contribution < -0.4 is 5.32 Å². The van der Waals surface area contributed by atoms with Crippen molar-refractivity contribution in [3.05, 3.63) is 29.6 Å². The molecule has 0 radical (unpaired) electrons. The second-order valence-corrected chi connectivity index (χ2v) is 5.42. The van der Waals surface area contributed by atoms with Gasteiger partial charge in [0.1, 0.15) is 5.82 Å². The summed E-state index contributed by atoms with van der Waals surface area (Å²) in [6.45, 7) is 5.11. The average molecular weight is 265 g/mol. The van der Waals surface area contributed by atoms with E-state index in [0.29, 0.717) is 0 Å². The van der Waals surface area contributed by atoms with E-state index in [2.05, 4.69) is 12.2 Å². The number of hydrogen-bond acceptors (Lipinski definition) is 1. The van der Waals surface area contributed by atoms with E-state index in [9.17, 15) is 4.39 Å². The molecule has 0 aliphatic heterocycles. The number of hydrogen-bond donors (Lipinski definition) is 1. The first-order valence-corrected chi connectivity index (χ1v) is 7.73. The maximum atomic E-state index is 13.2. The lowest BCUT2D eigenvalue weighted by Gasteiger charge is -2.07. The van der Waals surface area contributed by atoms with Gasteiger partial charge in [-0.1, -0.05) is 51.9 Å². The molecule has 1 aromatic rings. The first kappa shape index (κ1) is 16.0. The van der Waals surface area contributed by atoms with Crippen LogP contribution in [0.2, 0.25) is 0 Å². The molecule has 1 N–H and O–H groups in total. The van der Waals surface area contributed by atoms with Gasteiger partial charge in [-0.15, -0.1) is 0 Å². The van der Waals surface area contributed by atoms with Crippen molar-refractivity contribution in [1.29, 1.82) is 0 Å². The highest BCUT2D eigenvalue weighted by atomic mass is 19.1. The molecule has 1 rings (SSSR count). The second kappa shape index (κ2) is 9.82. The number of unbranched alkanes of at least 4 members (excludes halogenated alkanes) is 7. The predicted molar refractivity (Wildman–Crippen MR) is 82.2 cm³/mol. The van der Waals surface area contributed by atoms with Crippen molar-refractivity contribution in [2.24, 2.45) is 0 Å². The Morgan fingerprint density at radius 3 is 2.16 bits per heavy atom. The van der Waals surface area contributed by atoms with Gasteiger partial charge in [0.05, 0.1) is 0 Å². The van der Waals surface area contributed by atoms with E-state index in [1.165, 1.54) is 51.4 Å². The Labute approximate surface area is 117 Å². The highest BCUT2D eigenvalue weighted by Gasteiger charge is 1.97.